The number of rotatable bonds is 5. The van der Waals surface area contributed by atoms with Crippen molar-refractivity contribution in [1.82, 2.24) is 4.72 Å². The number of carboxylic acid groups (broad SMARTS) is 1. The zero-order valence-electron chi connectivity index (χ0n) is 12.1. The first kappa shape index (κ1) is 17.1. The van der Waals surface area contributed by atoms with Crippen LogP contribution in [0.1, 0.15) is 25.7 Å². The zero-order valence-corrected chi connectivity index (χ0v) is 13.7. The average molecular weight is 348 g/mol. The maximum atomic E-state index is 12.5. The van der Waals surface area contributed by atoms with E-state index in [9.17, 15) is 13.2 Å². The molecule has 0 spiro atoms. The molecule has 2 rings (SSSR count). The summed E-state index contributed by atoms with van der Waals surface area (Å²) < 4.78 is 32.6. The summed E-state index contributed by atoms with van der Waals surface area (Å²) in [4.78, 5) is 10.9. The number of sulfonamides is 1. The summed E-state index contributed by atoms with van der Waals surface area (Å²) in [7, 11) is -2.38. The highest BCUT2D eigenvalue weighted by Crippen LogP contribution is 2.29. The van der Waals surface area contributed by atoms with Crippen LogP contribution in [-0.2, 0) is 14.8 Å². The van der Waals surface area contributed by atoms with Gasteiger partial charge in [-0.15, -0.1) is 0 Å². The van der Waals surface area contributed by atoms with Gasteiger partial charge in [-0.2, -0.15) is 0 Å². The van der Waals surface area contributed by atoms with E-state index < -0.39 is 16.0 Å². The molecule has 1 aliphatic carbocycles. The van der Waals surface area contributed by atoms with Crippen LogP contribution in [0.5, 0.6) is 5.75 Å². The normalized spacial score (nSPS) is 22.3. The molecule has 0 amide bonds. The van der Waals surface area contributed by atoms with Crippen LogP contribution in [0.4, 0.5) is 0 Å². The molecular formula is C14H18ClNO5S. The van der Waals surface area contributed by atoms with Crippen molar-refractivity contribution in [3.8, 4) is 5.75 Å². The molecule has 1 saturated carbocycles. The van der Waals surface area contributed by atoms with Crippen LogP contribution in [0.15, 0.2) is 23.1 Å². The third-order valence-electron chi connectivity index (χ3n) is 3.81. The highest BCUT2D eigenvalue weighted by atomic mass is 35.5. The Kier molecular flexibility index (Phi) is 5.31. The van der Waals surface area contributed by atoms with Crippen molar-refractivity contribution in [2.75, 3.05) is 7.11 Å². The quantitative estimate of drug-likeness (QED) is 0.852. The maximum absolute atomic E-state index is 12.5. The van der Waals surface area contributed by atoms with E-state index in [1.807, 2.05) is 0 Å². The summed E-state index contributed by atoms with van der Waals surface area (Å²) >= 11 is 5.86. The molecule has 22 heavy (non-hydrogen) atoms. The minimum atomic E-state index is -3.77. The molecule has 0 aromatic heterocycles. The van der Waals surface area contributed by atoms with Crippen LogP contribution in [-0.4, -0.2) is 32.6 Å². The standard InChI is InChI=1S/C14H18ClNO5S/c1-21-12-7-4-10(15)8-13(12)22(19,20)16-11-5-2-9(3-6-11)14(17)18/h4,7-9,11,16H,2-3,5-6H2,1H3,(H,17,18). The highest BCUT2D eigenvalue weighted by Gasteiger charge is 2.30. The van der Waals surface area contributed by atoms with Crippen LogP contribution < -0.4 is 9.46 Å². The van der Waals surface area contributed by atoms with E-state index in [0.717, 1.165) is 0 Å². The predicted molar refractivity (Wildman–Crippen MR) is 81.7 cm³/mol. The van der Waals surface area contributed by atoms with Gasteiger partial charge in [-0.1, -0.05) is 11.6 Å². The summed E-state index contributed by atoms with van der Waals surface area (Å²) in [5.74, 6) is -0.990. The Labute approximate surface area is 134 Å². The Morgan fingerprint density at radius 2 is 1.95 bits per heavy atom. The molecule has 1 fully saturated rings. The van der Waals surface area contributed by atoms with Crippen LogP contribution >= 0.6 is 11.6 Å². The molecule has 1 aliphatic rings. The molecule has 0 bridgehead atoms. The van der Waals surface area contributed by atoms with Crippen molar-refractivity contribution in [1.29, 1.82) is 0 Å². The van der Waals surface area contributed by atoms with Gasteiger partial charge in [0.1, 0.15) is 10.6 Å². The molecule has 8 heteroatoms. The SMILES string of the molecule is COc1ccc(Cl)cc1S(=O)(=O)NC1CCC(C(=O)O)CC1. The van der Waals surface area contributed by atoms with Gasteiger partial charge in [0.2, 0.25) is 10.0 Å². The van der Waals surface area contributed by atoms with Gasteiger partial charge in [0.15, 0.2) is 0 Å². The van der Waals surface area contributed by atoms with E-state index in [1.54, 1.807) is 6.07 Å². The number of methoxy groups -OCH3 is 1. The number of ether oxygens (including phenoxy) is 1. The molecule has 0 radical (unpaired) electrons. The minimum absolute atomic E-state index is 0.0112. The number of hydrogen-bond donors (Lipinski definition) is 2. The number of benzene rings is 1. The fourth-order valence-corrected chi connectivity index (χ4v) is 4.34. The Bertz CT molecular complexity index is 653. The first-order valence-electron chi connectivity index (χ1n) is 6.92. The first-order chi connectivity index (χ1) is 10.3. The topological polar surface area (TPSA) is 92.7 Å². The summed E-state index contributed by atoms with van der Waals surface area (Å²) in [5, 5.41) is 9.27. The van der Waals surface area contributed by atoms with Crippen molar-refractivity contribution in [3.05, 3.63) is 23.2 Å². The van der Waals surface area contributed by atoms with Crippen LogP contribution in [0.2, 0.25) is 5.02 Å². The number of carboxylic acids is 1. The number of nitrogens with one attached hydrogen (secondary N) is 1. The summed E-state index contributed by atoms with van der Waals surface area (Å²) in [6.45, 7) is 0. The molecule has 0 saturated heterocycles. The van der Waals surface area contributed by atoms with Gasteiger partial charge in [0.05, 0.1) is 13.0 Å². The van der Waals surface area contributed by atoms with E-state index in [-0.39, 0.29) is 22.6 Å². The van der Waals surface area contributed by atoms with Crippen LogP contribution in [0.3, 0.4) is 0 Å². The molecule has 0 heterocycles. The Hall–Kier alpha value is -1.31. The molecular weight excluding hydrogens is 330 g/mol. The van der Waals surface area contributed by atoms with Gasteiger partial charge in [0.25, 0.3) is 0 Å². The molecule has 6 nitrogen and oxygen atoms in total. The summed E-state index contributed by atoms with van der Waals surface area (Å²) in [6, 6.07) is 4.12. The van der Waals surface area contributed by atoms with E-state index in [1.165, 1.54) is 19.2 Å². The number of carbonyl (C=O) groups is 1. The van der Waals surface area contributed by atoms with Gasteiger partial charge >= 0.3 is 5.97 Å². The van der Waals surface area contributed by atoms with Crippen LogP contribution in [0.25, 0.3) is 0 Å². The predicted octanol–water partition coefficient (Wildman–Crippen LogP) is 2.27. The number of hydrogen-bond acceptors (Lipinski definition) is 4. The molecule has 0 aliphatic heterocycles. The second kappa shape index (κ2) is 6.85. The second-order valence-electron chi connectivity index (χ2n) is 5.30. The molecule has 0 atom stereocenters. The Morgan fingerprint density at radius 1 is 1.32 bits per heavy atom. The molecule has 1 aromatic rings. The van der Waals surface area contributed by atoms with Gasteiger partial charge in [-0.05, 0) is 43.9 Å². The van der Waals surface area contributed by atoms with Gasteiger partial charge in [-0.3, -0.25) is 4.79 Å². The summed E-state index contributed by atoms with van der Waals surface area (Å²) in [5.41, 5.74) is 0. The van der Waals surface area contributed by atoms with Crippen molar-refractivity contribution in [2.24, 2.45) is 5.92 Å². The van der Waals surface area contributed by atoms with Crippen LogP contribution in [0, 0.1) is 5.92 Å². The van der Waals surface area contributed by atoms with E-state index >= 15 is 0 Å². The molecule has 1 aromatic carbocycles. The zero-order chi connectivity index (χ0) is 16.3. The van der Waals surface area contributed by atoms with Crippen molar-refractivity contribution in [3.63, 3.8) is 0 Å². The summed E-state index contributed by atoms with van der Waals surface area (Å²) in [6.07, 6.45) is 1.93. The van der Waals surface area contributed by atoms with Gasteiger partial charge in [0, 0.05) is 11.1 Å². The average Bonchev–Trinajstić information content (AvgIpc) is 2.47. The maximum Gasteiger partial charge on any atom is 0.306 e. The lowest BCUT2D eigenvalue weighted by Gasteiger charge is -2.26. The number of halogens is 1. The van der Waals surface area contributed by atoms with E-state index in [4.69, 9.17) is 21.4 Å². The largest absolute Gasteiger partial charge is 0.495 e. The lowest BCUT2D eigenvalue weighted by molar-refractivity contribution is -0.142. The molecule has 122 valence electrons. The van der Waals surface area contributed by atoms with Crippen molar-refractivity contribution >= 4 is 27.6 Å². The lowest BCUT2D eigenvalue weighted by Crippen LogP contribution is -2.38. The van der Waals surface area contributed by atoms with Gasteiger partial charge in [-0.25, -0.2) is 13.1 Å². The monoisotopic (exact) mass is 347 g/mol. The third kappa shape index (κ3) is 3.91. The first-order valence-corrected chi connectivity index (χ1v) is 8.78. The van der Waals surface area contributed by atoms with E-state index in [2.05, 4.69) is 4.72 Å². The van der Waals surface area contributed by atoms with Crippen molar-refractivity contribution in [2.45, 2.75) is 36.6 Å². The van der Waals surface area contributed by atoms with Crippen molar-refractivity contribution < 1.29 is 23.1 Å². The number of aliphatic carboxylic acids is 1. The second-order valence-corrected chi connectivity index (χ2v) is 7.42. The fraction of sp³-hybridized carbons (Fsp3) is 0.500. The van der Waals surface area contributed by atoms with Gasteiger partial charge < -0.3 is 9.84 Å². The highest BCUT2D eigenvalue weighted by molar-refractivity contribution is 7.89. The smallest absolute Gasteiger partial charge is 0.306 e. The third-order valence-corrected chi connectivity index (χ3v) is 5.59. The lowest BCUT2D eigenvalue weighted by atomic mass is 9.87. The Balaban J connectivity index is 2.12. The molecule has 0 unspecified atom stereocenters. The fourth-order valence-electron chi connectivity index (χ4n) is 2.60. The van der Waals surface area contributed by atoms with E-state index in [0.29, 0.717) is 30.7 Å². The Morgan fingerprint density at radius 3 is 2.50 bits per heavy atom. The molecule has 2 N–H and O–H groups in total. The minimum Gasteiger partial charge on any atom is -0.495 e.